The Labute approximate surface area is 239 Å². The predicted molar refractivity (Wildman–Crippen MR) is 156 cm³/mol. The summed E-state index contributed by atoms with van der Waals surface area (Å²) in [6.07, 6.45) is 4.03. The van der Waals surface area contributed by atoms with E-state index in [-0.39, 0.29) is 17.9 Å². The third-order valence-corrected chi connectivity index (χ3v) is 9.29. The molecule has 7 heteroatoms. The topological polar surface area (TPSA) is 61.4 Å². The second kappa shape index (κ2) is 11.0. The van der Waals surface area contributed by atoms with Gasteiger partial charge in [-0.2, -0.15) is 0 Å². The lowest BCUT2D eigenvalue weighted by Gasteiger charge is -2.45. The minimum Gasteiger partial charge on any atom is -0.350 e. The molecule has 2 amide bonds. The van der Waals surface area contributed by atoms with Crippen molar-refractivity contribution in [2.75, 3.05) is 19.6 Å². The predicted octanol–water partition coefficient (Wildman–Crippen LogP) is 5.63. The highest BCUT2D eigenvalue weighted by Gasteiger charge is 2.53. The van der Waals surface area contributed by atoms with Crippen molar-refractivity contribution in [2.45, 2.75) is 49.6 Å². The fourth-order valence-electron chi connectivity index (χ4n) is 6.24. The molecular weight excluding hydrogens is 529 g/mol. The highest BCUT2D eigenvalue weighted by atomic mass is 35.5. The van der Waals surface area contributed by atoms with Crippen molar-refractivity contribution in [3.63, 3.8) is 0 Å². The van der Waals surface area contributed by atoms with E-state index in [0.29, 0.717) is 35.2 Å². The van der Waals surface area contributed by atoms with Gasteiger partial charge in [0.05, 0.1) is 5.41 Å². The van der Waals surface area contributed by atoms with Gasteiger partial charge in [0.1, 0.15) is 6.04 Å². The van der Waals surface area contributed by atoms with E-state index in [4.69, 9.17) is 23.2 Å². The molecule has 3 aromatic rings. The lowest BCUT2D eigenvalue weighted by Crippen LogP contribution is -2.60. The van der Waals surface area contributed by atoms with E-state index in [1.807, 2.05) is 36.4 Å². The summed E-state index contributed by atoms with van der Waals surface area (Å²) in [6, 6.07) is 23.2. The van der Waals surface area contributed by atoms with E-state index in [0.717, 1.165) is 54.7 Å². The van der Waals surface area contributed by atoms with E-state index in [1.165, 1.54) is 0 Å². The Morgan fingerprint density at radius 2 is 1.62 bits per heavy atom. The molecule has 0 radical (unpaired) electrons. The summed E-state index contributed by atoms with van der Waals surface area (Å²) in [7, 11) is 0. The molecule has 0 aromatic heterocycles. The molecule has 3 saturated heterocycles. The maximum atomic E-state index is 13.7. The molecule has 2 N–H and O–H groups in total. The van der Waals surface area contributed by atoms with Crippen molar-refractivity contribution in [1.82, 2.24) is 15.5 Å². The van der Waals surface area contributed by atoms with Gasteiger partial charge in [0.15, 0.2) is 0 Å². The fourth-order valence-corrected chi connectivity index (χ4v) is 6.83. The molecule has 4 fully saturated rings. The SMILES string of the molecule is O=C(N[C@@H]1CN2CCC1CC2)[C@H](Cc1ccc(-c2ccccc2)cc1)NC(=O)C1(c2ccc(Cl)cc2Cl)CC1. The molecule has 2 bridgehead atoms. The van der Waals surface area contributed by atoms with Crippen LogP contribution in [0.4, 0.5) is 0 Å². The van der Waals surface area contributed by atoms with Gasteiger partial charge < -0.3 is 15.5 Å². The van der Waals surface area contributed by atoms with Gasteiger partial charge in [0, 0.05) is 29.1 Å². The molecule has 5 nitrogen and oxygen atoms in total. The molecule has 0 spiro atoms. The quantitative estimate of drug-likeness (QED) is 0.374. The zero-order valence-corrected chi connectivity index (χ0v) is 23.3. The van der Waals surface area contributed by atoms with Crippen molar-refractivity contribution in [3.05, 3.63) is 94.0 Å². The lowest BCUT2D eigenvalue weighted by atomic mass is 9.84. The molecular formula is C32H33Cl2N3O2. The van der Waals surface area contributed by atoms with Crippen molar-refractivity contribution in [2.24, 2.45) is 5.92 Å². The molecule has 3 aliphatic heterocycles. The van der Waals surface area contributed by atoms with Crippen LogP contribution >= 0.6 is 23.2 Å². The standard InChI is InChI=1S/C32H33Cl2N3O2/c33-25-10-11-26(27(34)19-25)32(14-15-32)31(39)36-28(30(38)35-29-20-37-16-12-24(29)13-17-37)18-21-6-8-23(9-7-21)22-4-2-1-3-5-22/h1-11,19,24,28-29H,12-18,20H2,(H,35,38)(H,36,39)/t28-,29+/m0/s1. The summed E-state index contributed by atoms with van der Waals surface area (Å²) in [4.78, 5) is 29.9. The van der Waals surface area contributed by atoms with Crippen LogP contribution in [0.25, 0.3) is 11.1 Å². The zero-order valence-electron chi connectivity index (χ0n) is 21.8. The number of benzene rings is 3. The maximum Gasteiger partial charge on any atom is 0.243 e. The summed E-state index contributed by atoms with van der Waals surface area (Å²) >= 11 is 12.6. The lowest BCUT2D eigenvalue weighted by molar-refractivity contribution is -0.131. The van der Waals surface area contributed by atoms with E-state index >= 15 is 0 Å². The molecule has 7 rings (SSSR count). The zero-order chi connectivity index (χ0) is 27.0. The summed E-state index contributed by atoms with van der Waals surface area (Å²) in [5, 5.41) is 7.46. The average molecular weight is 563 g/mol. The van der Waals surface area contributed by atoms with Gasteiger partial charge in [-0.3, -0.25) is 9.59 Å². The molecule has 2 atom stereocenters. The van der Waals surface area contributed by atoms with Crippen LogP contribution in [0.2, 0.25) is 10.0 Å². The van der Waals surface area contributed by atoms with E-state index in [2.05, 4.69) is 39.8 Å². The molecule has 3 aromatic carbocycles. The molecule has 39 heavy (non-hydrogen) atoms. The van der Waals surface area contributed by atoms with Gasteiger partial charge in [-0.1, -0.05) is 83.9 Å². The summed E-state index contributed by atoms with van der Waals surface area (Å²) in [5.41, 5.74) is 3.32. The second-order valence-corrected chi connectivity index (χ2v) is 12.1. The minimum atomic E-state index is -0.715. The first-order chi connectivity index (χ1) is 18.9. The highest BCUT2D eigenvalue weighted by molar-refractivity contribution is 6.35. The smallest absolute Gasteiger partial charge is 0.243 e. The molecule has 1 aliphatic carbocycles. The van der Waals surface area contributed by atoms with Gasteiger partial charge in [-0.05, 0) is 79.1 Å². The second-order valence-electron chi connectivity index (χ2n) is 11.3. The van der Waals surface area contributed by atoms with E-state index in [9.17, 15) is 9.59 Å². The molecule has 202 valence electrons. The third kappa shape index (κ3) is 5.58. The van der Waals surface area contributed by atoms with Crippen LogP contribution in [0, 0.1) is 5.92 Å². The van der Waals surface area contributed by atoms with Crippen molar-refractivity contribution in [1.29, 1.82) is 0 Å². The van der Waals surface area contributed by atoms with Crippen LogP contribution in [-0.2, 0) is 21.4 Å². The van der Waals surface area contributed by atoms with Crippen molar-refractivity contribution in [3.8, 4) is 11.1 Å². The number of nitrogens with zero attached hydrogens (tertiary/aromatic N) is 1. The molecule has 3 heterocycles. The number of nitrogens with one attached hydrogen (secondary N) is 2. The minimum absolute atomic E-state index is 0.118. The highest BCUT2D eigenvalue weighted by Crippen LogP contribution is 2.51. The number of piperidine rings is 3. The number of hydrogen-bond donors (Lipinski definition) is 2. The number of carbonyl (C=O) groups is 2. The third-order valence-electron chi connectivity index (χ3n) is 8.74. The number of halogens is 2. The largest absolute Gasteiger partial charge is 0.350 e. The van der Waals surface area contributed by atoms with E-state index < -0.39 is 11.5 Å². The first-order valence-electron chi connectivity index (χ1n) is 13.8. The van der Waals surface area contributed by atoms with Crippen molar-refractivity contribution >= 4 is 35.0 Å². The Bertz CT molecular complexity index is 1350. The van der Waals surface area contributed by atoms with Gasteiger partial charge in [0.25, 0.3) is 0 Å². The van der Waals surface area contributed by atoms with Crippen LogP contribution in [0.3, 0.4) is 0 Å². The van der Waals surface area contributed by atoms with Gasteiger partial charge in [-0.25, -0.2) is 0 Å². The summed E-state index contributed by atoms with van der Waals surface area (Å²) in [6.45, 7) is 3.10. The van der Waals surface area contributed by atoms with Crippen LogP contribution in [0.1, 0.15) is 36.8 Å². The number of amides is 2. The van der Waals surface area contributed by atoms with Crippen LogP contribution in [0.15, 0.2) is 72.8 Å². The van der Waals surface area contributed by atoms with Gasteiger partial charge >= 0.3 is 0 Å². The summed E-state index contributed by atoms with van der Waals surface area (Å²) in [5.74, 6) is 0.233. The number of fused-ring (bicyclic) bond motifs is 3. The number of carbonyl (C=O) groups excluding carboxylic acids is 2. The monoisotopic (exact) mass is 561 g/mol. The number of rotatable bonds is 8. The first-order valence-corrected chi connectivity index (χ1v) is 14.6. The molecule has 1 saturated carbocycles. The molecule has 4 aliphatic rings. The Hall–Kier alpha value is -2.86. The maximum absolute atomic E-state index is 13.7. The van der Waals surface area contributed by atoms with E-state index in [1.54, 1.807) is 12.1 Å². The van der Waals surface area contributed by atoms with Gasteiger partial charge in [0.2, 0.25) is 11.8 Å². The molecule has 0 unspecified atom stereocenters. The van der Waals surface area contributed by atoms with Gasteiger partial charge in [-0.15, -0.1) is 0 Å². The number of hydrogen-bond acceptors (Lipinski definition) is 3. The average Bonchev–Trinajstić information content (AvgIpc) is 3.76. The summed E-state index contributed by atoms with van der Waals surface area (Å²) < 4.78 is 0. The van der Waals surface area contributed by atoms with Crippen LogP contribution in [0.5, 0.6) is 0 Å². The van der Waals surface area contributed by atoms with Crippen molar-refractivity contribution < 1.29 is 9.59 Å². The fraction of sp³-hybridized carbons (Fsp3) is 0.375. The Morgan fingerprint density at radius 1 is 0.923 bits per heavy atom. The first kappa shape index (κ1) is 26.4. The Balaban J connectivity index is 1.22. The normalized spacial score (nSPS) is 23.6. The Kier molecular flexibility index (Phi) is 7.41. The Morgan fingerprint density at radius 3 is 2.23 bits per heavy atom. The van der Waals surface area contributed by atoms with Crippen LogP contribution in [-0.4, -0.2) is 48.4 Å². The van der Waals surface area contributed by atoms with Crippen LogP contribution < -0.4 is 10.6 Å².